The van der Waals surface area contributed by atoms with Crippen LogP contribution in [-0.2, 0) is 22.7 Å². The largest absolute Gasteiger partial charge is 0.416 e. The summed E-state index contributed by atoms with van der Waals surface area (Å²) in [5.74, 6) is 0. The molecule has 3 rings (SSSR count). The van der Waals surface area contributed by atoms with Crippen LogP contribution in [0.4, 0.5) is 36.8 Å². The van der Waals surface area contributed by atoms with E-state index in [0.29, 0.717) is 12.1 Å². The molecule has 0 spiro atoms. The maximum atomic E-state index is 13.4. The molecule has 5 nitrogen and oxygen atoms in total. The number of ether oxygens (including phenoxy) is 1. The van der Waals surface area contributed by atoms with Crippen LogP contribution in [0.1, 0.15) is 44.5 Å². The second-order valence-corrected chi connectivity index (χ2v) is 10.9. The zero-order valence-electron chi connectivity index (χ0n) is 24.5. The SMILES string of the molecule is COC(c1cc(C)cc(C)c1)(c1cc(C)cc(C)c1)[C@@H](CN(C)C)NC(=O)Nc1cc(C(F)(F)F)cc(C(F)(F)F)c1. The number of aryl methyl sites for hydroxylation is 4. The van der Waals surface area contributed by atoms with Gasteiger partial charge in [-0.15, -0.1) is 0 Å². The molecule has 0 saturated heterocycles. The quantitative estimate of drug-likeness (QED) is 0.264. The number of hydrogen-bond donors (Lipinski definition) is 2. The summed E-state index contributed by atoms with van der Waals surface area (Å²) in [4.78, 5) is 15.2. The van der Waals surface area contributed by atoms with Gasteiger partial charge in [0.05, 0.1) is 17.2 Å². The molecular formula is C31H35F6N3O2. The minimum absolute atomic E-state index is 0.00796. The Morgan fingerprint density at radius 2 is 1.12 bits per heavy atom. The lowest BCUT2D eigenvalue weighted by molar-refractivity contribution is -0.143. The van der Waals surface area contributed by atoms with Gasteiger partial charge in [-0.1, -0.05) is 58.7 Å². The van der Waals surface area contributed by atoms with Gasteiger partial charge in [0.2, 0.25) is 0 Å². The summed E-state index contributed by atoms with van der Waals surface area (Å²) in [6.45, 7) is 7.89. The first-order valence-electron chi connectivity index (χ1n) is 13.1. The van der Waals surface area contributed by atoms with Crippen LogP contribution >= 0.6 is 0 Å². The molecule has 2 amide bonds. The minimum atomic E-state index is -5.06. The number of alkyl halides is 6. The maximum Gasteiger partial charge on any atom is 0.416 e. The van der Waals surface area contributed by atoms with Crippen molar-refractivity contribution in [2.24, 2.45) is 0 Å². The molecule has 3 aromatic rings. The van der Waals surface area contributed by atoms with Crippen molar-refractivity contribution in [1.29, 1.82) is 0 Å². The lowest BCUT2D eigenvalue weighted by Crippen LogP contribution is -2.57. The fourth-order valence-corrected chi connectivity index (χ4v) is 5.32. The van der Waals surface area contributed by atoms with Crippen molar-refractivity contribution in [3.63, 3.8) is 0 Å². The van der Waals surface area contributed by atoms with E-state index in [-0.39, 0.29) is 12.6 Å². The molecular weight excluding hydrogens is 560 g/mol. The topological polar surface area (TPSA) is 53.6 Å². The van der Waals surface area contributed by atoms with Gasteiger partial charge < -0.3 is 20.3 Å². The monoisotopic (exact) mass is 595 g/mol. The molecule has 0 unspecified atom stereocenters. The van der Waals surface area contributed by atoms with Gasteiger partial charge in [-0.25, -0.2) is 4.79 Å². The normalized spacial score (nSPS) is 13.3. The molecule has 0 bridgehead atoms. The molecule has 42 heavy (non-hydrogen) atoms. The Labute approximate surface area is 241 Å². The molecule has 1 atom stereocenters. The van der Waals surface area contributed by atoms with Crippen molar-refractivity contribution in [3.8, 4) is 0 Å². The van der Waals surface area contributed by atoms with E-state index in [1.165, 1.54) is 7.11 Å². The highest BCUT2D eigenvalue weighted by Crippen LogP contribution is 2.40. The number of benzene rings is 3. The Hall–Kier alpha value is -3.57. The van der Waals surface area contributed by atoms with E-state index >= 15 is 0 Å². The number of hydrogen-bond acceptors (Lipinski definition) is 3. The predicted molar refractivity (Wildman–Crippen MR) is 151 cm³/mol. The van der Waals surface area contributed by atoms with Crippen molar-refractivity contribution in [1.82, 2.24) is 10.2 Å². The fraction of sp³-hybridized carbons (Fsp3) is 0.387. The average Bonchev–Trinajstić information content (AvgIpc) is 2.82. The molecule has 3 aromatic carbocycles. The Balaban J connectivity index is 2.16. The zero-order valence-corrected chi connectivity index (χ0v) is 24.5. The summed E-state index contributed by atoms with van der Waals surface area (Å²) >= 11 is 0. The molecule has 2 N–H and O–H groups in total. The van der Waals surface area contributed by atoms with Crippen LogP contribution in [0.15, 0.2) is 54.6 Å². The Kier molecular flexibility index (Phi) is 9.68. The van der Waals surface area contributed by atoms with Crippen LogP contribution in [0.5, 0.6) is 0 Å². The lowest BCUT2D eigenvalue weighted by Gasteiger charge is -2.42. The van der Waals surface area contributed by atoms with Crippen molar-refractivity contribution >= 4 is 11.7 Å². The highest BCUT2D eigenvalue weighted by atomic mass is 19.4. The molecule has 0 aliphatic carbocycles. The van der Waals surface area contributed by atoms with E-state index in [1.54, 1.807) is 19.0 Å². The number of methoxy groups -OCH3 is 1. The number of nitrogens with zero attached hydrogens (tertiary/aromatic N) is 1. The van der Waals surface area contributed by atoms with Crippen LogP contribution in [0.25, 0.3) is 0 Å². The summed E-state index contributed by atoms with van der Waals surface area (Å²) in [7, 11) is 5.05. The molecule has 0 aliphatic rings. The average molecular weight is 596 g/mol. The van der Waals surface area contributed by atoms with Crippen LogP contribution in [0.2, 0.25) is 0 Å². The smallest absolute Gasteiger partial charge is 0.367 e. The standard InChI is InChI=1S/C31H35F6N3O2/c1-18-8-19(2)11-22(10-18)29(42-7,23-12-20(3)9-21(4)13-23)27(17-40(5)6)39-28(41)38-26-15-24(30(32,33)34)14-25(16-26)31(35,36)37/h8-16,27H,17H2,1-7H3,(H2,38,39,41)/t27-/m1/s1. The lowest BCUT2D eigenvalue weighted by atomic mass is 9.77. The van der Waals surface area contributed by atoms with Gasteiger partial charge in [-0.2, -0.15) is 26.3 Å². The third-order valence-electron chi connectivity index (χ3n) is 6.81. The Morgan fingerprint density at radius 3 is 1.45 bits per heavy atom. The number of likely N-dealkylation sites (N-methyl/N-ethyl adjacent to an activating group) is 1. The number of halogens is 6. The first-order valence-corrected chi connectivity index (χ1v) is 13.1. The number of carbonyl (C=O) groups excluding carboxylic acids is 1. The maximum absolute atomic E-state index is 13.4. The number of amides is 2. The fourth-order valence-electron chi connectivity index (χ4n) is 5.32. The molecule has 0 aliphatic heterocycles. The number of rotatable bonds is 8. The summed E-state index contributed by atoms with van der Waals surface area (Å²) < 4.78 is 86.8. The van der Waals surface area contributed by atoms with Gasteiger partial charge in [0.15, 0.2) is 0 Å². The van der Waals surface area contributed by atoms with Crippen molar-refractivity contribution in [3.05, 3.63) is 99.1 Å². The van der Waals surface area contributed by atoms with Gasteiger partial charge in [0.25, 0.3) is 0 Å². The van der Waals surface area contributed by atoms with Gasteiger partial charge in [-0.05, 0) is 71.1 Å². The third kappa shape index (κ3) is 7.63. The highest BCUT2D eigenvalue weighted by Gasteiger charge is 2.45. The van der Waals surface area contributed by atoms with E-state index in [2.05, 4.69) is 10.6 Å². The third-order valence-corrected chi connectivity index (χ3v) is 6.81. The predicted octanol–water partition coefficient (Wildman–Crippen LogP) is 7.60. The molecule has 0 heterocycles. The summed E-state index contributed by atoms with van der Waals surface area (Å²) in [5.41, 5.74) is 0.179. The van der Waals surface area contributed by atoms with E-state index < -0.39 is 46.8 Å². The molecule has 0 fully saturated rings. The Morgan fingerprint density at radius 1 is 0.714 bits per heavy atom. The summed E-state index contributed by atoms with van der Waals surface area (Å²) in [6, 6.07) is 10.8. The number of nitrogens with one attached hydrogen (secondary N) is 2. The van der Waals surface area contributed by atoms with Gasteiger partial charge in [-0.3, -0.25) is 0 Å². The van der Waals surface area contributed by atoms with Gasteiger partial charge in [0, 0.05) is 19.3 Å². The van der Waals surface area contributed by atoms with Crippen LogP contribution in [-0.4, -0.2) is 44.7 Å². The van der Waals surface area contributed by atoms with E-state index in [9.17, 15) is 31.1 Å². The molecule has 0 saturated carbocycles. The molecule has 11 heteroatoms. The molecule has 228 valence electrons. The van der Waals surface area contributed by atoms with Crippen LogP contribution in [0, 0.1) is 27.7 Å². The number of urea groups is 1. The van der Waals surface area contributed by atoms with E-state index in [0.717, 1.165) is 33.4 Å². The second-order valence-electron chi connectivity index (χ2n) is 10.9. The number of anilines is 1. The van der Waals surface area contributed by atoms with E-state index in [1.807, 2.05) is 64.1 Å². The molecule has 0 radical (unpaired) electrons. The number of carbonyl (C=O) groups is 1. The summed E-state index contributed by atoms with van der Waals surface area (Å²) in [6.07, 6.45) is -10.1. The van der Waals surface area contributed by atoms with Crippen LogP contribution < -0.4 is 10.6 Å². The van der Waals surface area contributed by atoms with Crippen molar-refractivity contribution in [2.45, 2.75) is 51.7 Å². The van der Waals surface area contributed by atoms with Gasteiger partial charge in [0.1, 0.15) is 5.60 Å². The highest BCUT2D eigenvalue weighted by molar-refractivity contribution is 5.90. The van der Waals surface area contributed by atoms with Crippen molar-refractivity contribution < 1.29 is 35.9 Å². The Bertz CT molecular complexity index is 1310. The van der Waals surface area contributed by atoms with Crippen LogP contribution in [0.3, 0.4) is 0 Å². The second kappa shape index (κ2) is 12.3. The molecule has 0 aromatic heterocycles. The van der Waals surface area contributed by atoms with Crippen molar-refractivity contribution in [2.75, 3.05) is 33.1 Å². The first-order chi connectivity index (χ1) is 19.3. The van der Waals surface area contributed by atoms with E-state index in [4.69, 9.17) is 4.74 Å². The zero-order chi connectivity index (χ0) is 31.6. The van der Waals surface area contributed by atoms with Gasteiger partial charge >= 0.3 is 18.4 Å². The summed E-state index contributed by atoms with van der Waals surface area (Å²) in [5, 5.41) is 4.99. The minimum Gasteiger partial charge on any atom is -0.367 e. The first kappa shape index (κ1) is 32.9.